The summed E-state index contributed by atoms with van der Waals surface area (Å²) in [6, 6.07) is 33.7. The number of ether oxygens (including phenoxy) is 2. The number of esters is 1. The Labute approximate surface area is 280 Å². The Balaban J connectivity index is 1.10. The van der Waals surface area contributed by atoms with E-state index in [2.05, 4.69) is 22.8 Å². The van der Waals surface area contributed by atoms with E-state index in [0.717, 1.165) is 33.4 Å². The third-order valence-electron chi connectivity index (χ3n) is 9.25. The maximum absolute atomic E-state index is 13.9. The molecule has 2 N–H and O–H groups in total. The molecule has 6 rings (SSSR count). The number of hydrogen-bond acceptors (Lipinski definition) is 6. The van der Waals surface area contributed by atoms with Crippen molar-refractivity contribution in [3.8, 4) is 11.1 Å². The Morgan fingerprint density at radius 3 is 1.94 bits per heavy atom. The van der Waals surface area contributed by atoms with Crippen LogP contribution in [0.4, 0.5) is 4.79 Å². The normalized spacial score (nSPS) is 17.4. The van der Waals surface area contributed by atoms with Crippen molar-refractivity contribution in [2.24, 2.45) is 0 Å². The maximum atomic E-state index is 13.9. The van der Waals surface area contributed by atoms with Crippen molar-refractivity contribution >= 4 is 23.9 Å². The summed E-state index contributed by atoms with van der Waals surface area (Å²) in [7, 11) is 0. The van der Waals surface area contributed by atoms with E-state index in [1.807, 2.05) is 97.1 Å². The molecule has 2 atom stereocenters. The molecule has 0 radical (unpaired) electrons. The number of hydrogen-bond donors (Lipinski definition) is 2. The number of fused-ring (bicyclic) bond motifs is 3. The summed E-state index contributed by atoms with van der Waals surface area (Å²) in [5.41, 5.74) is 3.48. The van der Waals surface area contributed by atoms with Gasteiger partial charge < -0.3 is 25.0 Å². The van der Waals surface area contributed by atoms with Crippen LogP contribution in [0.5, 0.6) is 0 Å². The fourth-order valence-electron chi connectivity index (χ4n) is 6.48. The molecule has 1 fully saturated rings. The molecule has 1 aliphatic carbocycles. The van der Waals surface area contributed by atoms with Gasteiger partial charge >= 0.3 is 12.1 Å². The quantitative estimate of drug-likeness (QED) is 0.167. The van der Waals surface area contributed by atoms with E-state index < -0.39 is 41.0 Å². The van der Waals surface area contributed by atoms with Crippen LogP contribution in [0.2, 0.25) is 0 Å². The molecule has 48 heavy (non-hydrogen) atoms. The van der Waals surface area contributed by atoms with E-state index in [-0.39, 0.29) is 32.1 Å². The second kappa shape index (κ2) is 13.4. The maximum Gasteiger partial charge on any atom is 0.407 e. The Morgan fingerprint density at radius 1 is 0.812 bits per heavy atom. The van der Waals surface area contributed by atoms with Crippen molar-refractivity contribution in [3.05, 3.63) is 131 Å². The second-order valence-electron chi connectivity index (χ2n) is 12.9. The zero-order chi connectivity index (χ0) is 33.9. The van der Waals surface area contributed by atoms with Crippen LogP contribution in [0, 0.1) is 0 Å². The van der Waals surface area contributed by atoms with Crippen molar-refractivity contribution in [2.45, 2.75) is 56.8 Å². The van der Waals surface area contributed by atoms with Gasteiger partial charge in [0, 0.05) is 12.3 Å². The average Bonchev–Trinajstić information content (AvgIpc) is 3.42. The first kappa shape index (κ1) is 32.5. The number of nitrogens with zero attached hydrogens (tertiary/aromatic N) is 1. The molecule has 1 aliphatic heterocycles. The van der Waals surface area contributed by atoms with Gasteiger partial charge in [0.05, 0.1) is 6.54 Å². The predicted octanol–water partition coefficient (Wildman–Crippen LogP) is 5.38. The first-order valence-corrected chi connectivity index (χ1v) is 16.1. The standard InChI is InChI=1S/C39H39N3O6/c1-26(40-37(46)48-24-33-31-20-12-10-18-29(31)30-19-11-13-21-32(30)33)34(43)41-39(22-27-14-6-4-7-15-27)25-42(35(39)44)38(2,3)36(45)47-23-28-16-8-5-9-17-28/h4-21,26,33H,22-25H2,1-3H3,(H,40,46)(H,41,43)/t26-,39+/m0/s1. The average molecular weight is 646 g/mol. The smallest absolute Gasteiger partial charge is 0.407 e. The van der Waals surface area contributed by atoms with Crippen LogP contribution >= 0.6 is 0 Å². The Hall–Kier alpha value is -5.44. The van der Waals surface area contributed by atoms with Crippen molar-refractivity contribution in [1.29, 1.82) is 0 Å². The Bertz CT molecular complexity index is 1780. The molecule has 1 heterocycles. The van der Waals surface area contributed by atoms with E-state index in [1.54, 1.807) is 20.8 Å². The highest BCUT2D eigenvalue weighted by Gasteiger charge is 2.59. The van der Waals surface area contributed by atoms with Crippen LogP contribution in [0.25, 0.3) is 11.1 Å². The van der Waals surface area contributed by atoms with Gasteiger partial charge in [-0.15, -0.1) is 0 Å². The minimum Gasteiger partial charge on any atom is -0.459 e. The minimum atomic E-state index is -1.31. The number of nitrogens with one attached hydrogen (secondary N) is 2. The molecule has 0 bridgehead atoms. The monoisotopic (exact) mass is 645 g/mol. The molecule has 0 spiro atoms. The largest absolute Gasteiger partial charge is 0.459 e. The molecule has 0 saturated carbocycles. The van der Waals surface area contributed by atoms with Crippen LogP contribution in [0.1, 0.15) is 48.9 Å². The van der Waals surface area contributed by atoms with Crippen molar-refractivity contribution in [2.75, 3.05) is 13.2 Å². The third-order valence-corrected chi connectivity index (χ3v) is 9.25. The lowest BCUT2D eigenvalue weighted by molar-refractivity contribution is -0.178. The Morgan fingerprint density at radius 2 is 1.35 bits per heavy atom. The summed E-state index contributed by atoms with van der Waals surface area (Å²) < 4.78 is 11.2. The first-order chi connectivity index (χ1) is 23.1. The highest BCUT2D eigenvalue weighted by atomic mass is 16.5. The number of amides is 3. The molecule has 0 aromatic heterocycles. The summed E-state index contributed by atoms with van der Waals surface area (Å²) >= 11 is 0. The van der Waals surface area contributed by atoms with E-state index in [0.29, 0.717) is 0 Å². The van der Waals surface area contributed by atoms with E-state index in [9.17, 15) is 19.2 Å². The van der Waals surface area contributed by atoms with Gasteiger partial charge in [-0.25, -0.2) is 9.59 Å². The zero-order valence-corrected chi connectivity index (χ0v) is 27.3. The molecule has 246 valence electrons. The van der Waals surface area contributed by atoms with E-state index >= 15 is 0 Å². The lowest BCUT2D eigenvalue weighted by atomic mass is 9.78. The van der Waals surface area contributed by atoms with Crippen LogP contribution in [0.15, 0.2) is 109 Å². The van der Waals surface area contributed by atoms with E-state index in [4.69, 9.17) is 9.47 Å². The lowest BCUT2D eigenvalue weighted by Gasteiger charge is -2.54. The van der Waals surface area contributed by atoms with Gasteiger partial charge in [0.25, 0.3) is 5.91 Å². The van der Waals surface area contributed by atoms with Crippen molar-refractivity contribution < 1.29 is 28.7 Å². The number of β-lactam (4-membered cyclic amide) rings is 1. The van der Waals surface area contributed by atoms with Gasteiger partial charge in [-0.2, -0.15) is 0 Å². The van der Waals surface area contributed by atoms with Crippen LogP contribution in [-0.4, -0.2) is 59.0 Å². The number of benzene rings is 4. The summed E-state index contributed by atoms with van der Waals surface area (Å²) in [5.74, 6) is -1.63. The van der Waals surface area contributed by atoms with Gasteiger partial charge in [-0.3, -0.25) is 9.59 Å². The highest BCUT2D eigenvalue weighted by molar-refractivity contribution is 6.01. The number of likely N-dealkylation sites (tertiary alicyclic amines) is 1. The predicted molar refractivity (Wildman–Crippen MR) is 181 cm³/mol. The molecule has 9 heteroatoms. The number of rotatable bonds is 11. The molecular weight excluding hydrogens is 606 g/mol. The molecule has 0 unspecified atom stereocenters. The molecular formula is C39H39N3O6. The number of alkyl carbamates (subject to hydrolysis) is 1. The fourth-order valence-corrected chi connectivity index (χ4v) is 6.48. The van der Waals surface area contributed by atoms with Crippen molar-refractivity contribution in [3.63, 3.8) is 0 Å². The van der Waals surface area contributed by atoms with Crippen LogP contribution < -0.4 is 10.6 Å². The van der Waals surface area contributed by atoms with Gasteiger partial charge in [-0.1, -0.05) is 109 Å². The molecule has 4 aromatic carbocycles. The Kier molecular flexibility index (Phi) is 9.04. The summed E-state index contributed by atoms with van der Waals surface area (Å²) in [4.78, 5) is 55.0. The SMILES string of the molecule is C[C@H](NC(=O)OCC1c2ccccc2-c2ccccc21)C(=O)N[C@]1(Cc2ccccc2)CN(C(C)(C)C(=O)OCc2ccccc2)C1=O. The molecule has 9 nitrogen and oxygen atoms in total. The molecule has 4 aromatic rings. The first-order valence-electron chi connectivity index (χ1n) is 16.1. The molecule has 2 aliphatic rings. The van der Waals surface area contributed by atoms with Crippen LogP contribution in [-0.2, 0) is 36.9 Å². The van der Waals surface area contributed by atoms with Crippen LogP contribution in [0.3, 0.4) is 0 Å². The summed E-state index contributed by atoms with van der Waals surface area (Å²) in [6.45, 7) is 5.07. The molecule has 1 saturated heterocycles. The number of carbonyl (C=O) groups is 4. The summed E-state index contributed by atoms with van der Waals surface area (Å²) in [6.07, 6.45) is -0.526. The molecule has 3 amide bonds. The van der Waals surface area contributed by atoms with Gasteiger partial charge in [0.15, 0.2) is 0 Å². The highest BCUT2D eigenvalue weighted by Crippen LogP contribution is 2.44. The van der Waals surface area contributed by atoms with E-state index in [1.165, 1.54) is 4.90 Å². The minimum absolute atomic E-state index is 0.0794. The summed E-state index contributed by atoms with van der Waals surface area (Å²) in [5, 5.41) is 5.52. The lowest BCUT2D eigenvalue weighted by Crippen LogP contribution is -2.80. The van der Waals surface area contributed by atoms with Crippen molar-refractivity contribution in [1.82, 2.24) is 15.5 Å². The van der Waals surface area contributed by atoms with Gasteiger partial charge in [-0.05, 0) is 54.2 Å². The third kappa shape index (κ3) is 6.40. The fraction of sp³-hybridized carbons (Fsp3) is 0.282. The topological polar surface area (TPSA) is 114 Å². The second-order valence-corrected chi connectivity index (χ2v) is 12.9. The van der Waals surface area contributed by atoms with Gasteiger partial charge in [0.1, 0.15) is 30.3 Å². The number of carbonyl (C=O) groups excluding carboxylic acids is 4. The van der Waals surface area contributed by atoms with Gasteiger partial charge in [0.2, 0.25) is 5.91 Å². The zero-order valence-electron chi connectivity index (χ0n) is 27.3.